The van der Waals surface area contributed by atoms with Crippen molar-refractivity contribution in [3.63, 3.8) is 0 Å². The monoisotopic (exact) mass is 664 g/mol. The van der Waals surface area contributed by atoms with E-state index >= 15 is 0 Å². The first-order valence-electron chi connectivity index (χ1n) is 14.9. The Kier molecular flexibility index (Phi) is 6.53. The highest BCUT2D eigenvalue weighted by atomic mass is 79.9. The first kappa shape index (κ1) is 29.0. The van der Waals surface area contributed by atoms with Crippen LogP contribution in [-0.4, -0.2) is 82.0 Å². The molecule has 5 aliphatic rings. The van der Waals surface area contributed by atoms with E-state index in [1.165, 1.54) is 36.8 Å². The molecule has 10 nitrogen and oxygen atoms in total. The van der Waals surface area contributed by atoms with Crippen molar-refractivity contribution in [3.8, 4) is 11.5 Å². The van der Waals surface area contributed by atoms with E-state index in [0.29, 0.717) is 42.3 Å². The number of carbonyl (C=O) groups is 4. The summed E-state index contributed by atoms with van der Waals surface area (Å²) in [6.07, 6.45) is 2.31. The van der Waals surface area contributed by atoms with E-state index in [0.717, 1.165) is 12.8 Å². The Balaban J connectivity index is 1.07. The summed E-state index contributed by atoms with van der Waals surface area (Å²) in [6, 6.07) is 6.72. The molecule has 4 atom stereocenters. The van der Waals surface area contributed by atoms with E-state index in [-0.39, 0.29) is 50.5 Å². The van der Waals surface area contributed by atoms with Crippen LogP contribution in [0.5, 0.6) is 11.5 Å². The second-order valence-electron chi connectivity index (χ2n) is 13.2. The minimum Gasteiger partial charge on any atom is -0.507 e. The number of hydrogen-bond donors (Lipinski definition) is 2. The third-order valence-electron chi connectivity index (χ3n) is 11.1. The summed E-state index contributed by atoms with van der Waals surface area (Å²) in [5.41, 5.74) is 0.385. The van der Waals surface area contributed by atoms with Crippen LogP contribution in [0.1, 0.15) is 82.2 Å². The number of cyclic esters (lactones) is 1. The standard InChI is InChI=1S/C33H33BrN2O8/c1-32(2)17-7-8-33(32,3)22(15-17)43-31-26(25(34)30(42)44-31)35-9-11-36(12-10-35)29(41)16-13-19-24(21(38)14-16)28(40)23-18(27(19)39)5-4-6-20(23)37/h4-6,13-14,17,22,31,37-38H,7-12,15H2,1-3H3/t17?,22-,31?,33?/m1/s1. The number of amides is 1. The average molecular weight is 666 g/mol. The van der Waals surface area contributed by atoms with Gasteiger partial charge in [-0.15, -0.1) is 0 Å². The molecule has 2 heterocycles. The number of esters is 1. The SMILES string of the molecule is CC1(C)C2CCC1(C)[C@H](OC1OC(=O)C(Br)=C1N1CCN(C(=O)c3cc(O)c4c(c3)C(=O)c3cccc(O)c3C4=O)CC1)C2. The second-order valence-corrected chi connectivity index (χ2v) is 14.0. The van der Waals surface area contributed by atoms with E-state index in [2.05, 4.69) is 36.7 Å². The van der Waals surface area contributed by atoms with Crippen molar-refractivity contribution >= 4 is 39.4 Å². The van der Waals surface area contributed by atoms with Crippen LogP contribution in [0.25, 0.3) is 0 Å². The molecule has 1 amide bonds. The van der Waals surface area contributed by atoms with Crippen LogP contribution in [0.15, 0.2) is 40.5 Å². The van der Waals surface area contributed by atoms with Crippen LogP contribution < -0.4 is 0 Å². The van der Waals surface area contributed by atoms with E-state index < -0.39 is 35.5 Å². The molecule has 11 heteroatoms. The van der Waals surface area contributed by atoms with E-state index in [1.54, 1.807) is 4.90 Å². The first-order chi connectivity index (χ1) is 20.8. The van der Waals surface area contributed by atoms with Gasteiger partial charge in [0.1, 0.15) is 21.7 Å². The molecule has 2 aromatic rings. The van der Waals surface area contributed by atoms with Crippen molar-refractivity contribution in [2.75, 3.05) is 26.2 Å². The van der Waals surface area contributed by atoms with Crippen molar-refractivity contribution in [2.45, 2.75) is 52.4 Å². The maximum absolute atomic E-state index is 13.6. The van der Waals surface area contributed by atoms with Gasteiger partial charge in [-0.1, -0.05) is 32.9 Å². The third kappa shape index (κ3) is 4.01. The molecule has 3 unspecified atom stereocenters. The van der Waals surface area contributed by atoms with Gasteiger partial charge in [0.05, 0.1) is 17.2 Å². The Labute approximate surface area is 262 Å². The van der Waals surface area contributed by atoms with Gasteiger partial charge in [0.15, 0.2) is 5.78 Å². The maximum Gasteiger partial charge on any atom is 0.349 e. The fraction of sp³-hybridized carbons (Fsp3) is 0.455. The Morgan fingerprint density at radius 2 is 1.68 bits per heavy atom. The normalized spacial score (nSPS) is 28.8. The van der Waals surface area contributed by atoms with Gasteiger partial charge in [-0.25, -0.2) is 4.79 Å². The summed E-state index contributed by atoms with van der Waals surface area (Å²) in [4.78, 5) is 56.1. The quantitative estimate of drug-likeness (QED) is 0.391. The highest BCUT2D eigenvalue weighted by molar-refractivity contribution is 9.12. The van der Waals surface area contributed by atoms with E-state index in [9.17, 15) is 29.4 Å². The second kappa shape index (κ2) is 9.90. The predicted molar refractivity (Wildman–Crippen MR) is 160 cm³/mol. The molecule has 2 aliphatic heterocycles. The highest BCUT2D eigenvalue weighted by Gasteiger charge is 2.63. The van der Waals surface area contributed by atoms with Gasteiger partial charge < -0.3 is 29.5 Å². The van der Waals surface area contributed by atoms with Crippen molar-refractivity contribution in [2.24, 2.45) is 16.7 Å². The summed E-state index contributed by atoms with van der Waals surface area (Å²) in [5, 5.41) is 20.9. The number of phenols is 2. The number of nitrogens with zero attached hydrogens (tertiary/aromatic N) is 2. The van der Waals surface area contributed by atoms with Crippen molar-refractivity contribution in [1.29, 1.82) is 0 Å². The summed E-state index contributed by atoms with van der Waals surface area (Å²) in [5.74, 6) is -2.38. The van der Waals surface area contributed by atoms with Crippen LogP contribution in [0.2, 0.25) is 0 Å². The lowest BCUT2D eigenvalue weighted by Crippen LogP contribution is -2.50. The van der Waals surface area contributed by atoms with Crippen LogP contribution in [0.3, 0.4) is 0 Å². The fourth-order valence-electron chi connectivity index (χ4n) is 8.02. The number of rotatable bonds is 4. The van der Waals surface area contributed by atoms with Crippen LogP contribution in [-0.2, 0) is 14.3 Å². The molecule has 7 rings (SSSR count). The van der Waals surface area contributed by atoms with Gasteiger partial charge in [-0.3, -0.25) is 14.4 Å². The number of carbonyl (C=O) groups excluding carboxylic acids is 4. The maximum atomic E-state index is 13.6. The zero-order chi connectivity index (χ0) is 31.3. The molecule has 2 N–H and O–H groups in total. The average Bonchev–Trinajstić information content (AvgIpc) is 3.47. The number of ketones is 2. The molecule has 2 saturated carbocycles. The number of ether oxygens (including phenoxy) is 2. The number of fused-ring (bicyclic) bond motifs is 4. The number of halogens is 1. The van der Waals surface area contributed by atoms with Crippen LogP contribution in [0, 0.1) is 16.7 Å². The van der Waals surface area contributed by atoms with Gasteiger partial charge in [0, 0.05) is 42.9 Å². The summed E-state index contributed by atoms with van der Waals surface area (Å²) in [7, 11) is 0. The Bertz CT molecular complexity index is 1690. The lowest BCUT2D eigenvalue weighted by atomic mass is 9.70. The molecule has 1 saturated heterocycles. The molecule has 2 aromatic carbocycles. The van der Waals surface area contributed by atoms with Crippen LogP contribution in [0.4, 0.5) is 0 Å². The summed E-state index contributed by atoms with van der Waals surface area (Å²) >= 11 is 3.42. The van der Waals surface area contributed by atoms with Gasteiger partial charge in [-0.2, -0.15) is 0 Å². The Morgan fingerprint density at radius 3 is 2.34 bits per heavy atom. The molecule has 0 aromatic heterocycles. The largest absolute Gasteiger partial charge is 0.507 e. The van der Waals surface area contributed by atoms with E-state index in [1.807, 2.05) is 4.90 Å². The Hall–Kier alpha value is -3.70. The lowest BCUT2D eigenvalue weighted by molar-refractivity contribution is -0.187. The van der Waals surface area contributed by atoms with Crippen LogP contribution >= 0.6 is 15.9 Å². The third-order valence-corrected chi connectivity index (χ3v) is 11.8. The molecule has 44 heavy (non-hydrogen) atoms. The molecule has 2 bridgehead atoms. The molecule has 0 spiro atoms. The number of hydrogen-bond acceptors (Lipinski definition) is 9. The number of aromatic hydroxyl groups is 2. The van der Waals surface area contributed by atoms with Gasteiger partial charge >= 0.3 is 5.97 Å². The minimum atomic E-state index is -0.834. The number of benzene rings is 2. The molecule has 3 fully saturated rings. The predicted octanol–water partition coefficient (Wildman–Crippen LogP) is 4.35. The molecule has 230 valence electrons. The number of piperazine rings is 1. The van der Waals surface area contributed by atoms with Gasteiger partial charge in [0.25, 0.3) is 5.91 Å². The topological polar surface area (TPSA) is 134 Å². The first-order valence-corrected chi connectivity index (χ1v) is 15.7. The zero-order valence-corrected chi connectivity index (χ0v) is 26.3. The number of phenolic OH excluding ortho intramolecular Hbond substituents is 2. The van der Waals surface area contributed by atoms with Crippen molar-refractivity contribution in [1.82, 2.24) is 9.80 Å². The van der Waals surface area contributed by atoms with E-state index in [4.69, 9.17) is 9.47 Å². The van der Waals surface area contributed by atoms with Gasteiger partial charge in [-0.05, 0) is 70.1 Å². The zero-order valence-electron chi connectivity index (χ0n) is 24.7. The molecule has 0 radical (unpaired) electrons. The summed E-state index contributed by atoms with van der Waals surface area (Å²) in [6.45, 7) is 8.31. The highest BCUT2D eigenvalue weighted by Crippen LogP contribution is 2.66. The smallest absolute Gasteiger partial charge is 0.349 e. The van der Waals surface area contributed by atoms with Crippen molar-refractivity contribution < 1.29 is 38.9 Å². The lowest BCUT2D eigenvalue weighted by Gasteiger charge is -2.41. The fourth-order valence-corrected chi connectivity index (χ4v) is 8.55. The molecular weight excluding hydrogens is 632 g/mol. The van der Waals surface area contributed by atoms with Crippen molar-refractivity contribution in [3.05, 3.63) is 68.3 Å². The molecule has 3 aliphatic carbocycles. The Morgan fingerprint density at radius 1 is 0.977 bits per heavy atom. The minimum absolute atomic E-state index is 0.00966. The summed E-state index contributed by atoms with van der Waals surface area (Å²) < 4.78 is 12.6. The molecular formula is C33H33BrN2O8. The van der Waals surface area contributed by atoms with Gasteiger partial charge in [0.2, 0.25) is 12.1 Å².